The van der Waals surface area contributed by atoms with Crippen LogP contribution in [0.4, 0.5) is 5.69 Å². The summed E-state index contributed by atoms with van der Waals surface area (Å²) in [6.07, 6.45) is 0. The first-order chi connectivity index (χ1) is 11.9. The number of benzene rings is 2. The number of hydrogen-bond acceptors (Lipinski definition) is 3. The van der Waals surface area contributed by atoms with Gasteiger partial charge in [0.1, 0.15) is 5.75 Å². The molecule has 0 aliphatic rings. The fraction of sp³-hybridized carbons (Fsp3) is 0.222. The van der Waals surface area contributed by atoms with E-state index in [1.165, 1.54) is 6.07 Å². The Morgan fingerprint density at radius 3 is 2.32 bits per heavy atom. The summed E-state index contributed by atoms with van der Waals surface area (Å²) < 4.78 is 5.31. The number of carbonyl (C=O) groups is 2. The zero-order valence-corrected chi connectivity index (χ0v) is 15.4. The van der Waals surface area contributed by atoms with E-state index in [1.54, 1.807) is 12.1 Å². The van der Waals surface area contributed by atoms with Gasteiger partial charge >= 0.3 is 0 Å². The lowest BCUT2D eigenvalue weighted by Gasteiger charge is -2.12. The molecular weight excluding hydrogens is 363 g/mol. The lowest BCUT2D eigenvalue weighted by atomic mass is 10.1. The van der Waals surface area contributed by atoms with Crippen LogP contribution in [-0.4, -0.2) is 25.0 Å². The number of nitrogens with one attached hydrogen (secondary N) is 2. The molecule has 2 N–H and O–H groups in total. The minimum Gasteiger partial charge on any atom is -0.484 e. The van der Waals surface area contributed by atoms with Crippen LogP contribution in [0.25, 0.3) is 0 Å². The van der Waals surface area contributed by atoms with Gasteiger partial charge in [-0.1, -0.05) is 41.4 Å². The first-order valence-electron chi connectivity index (χ1n) is 7.57. The molecule has 0 atom stereocenters. The molecule has 2 aromatic rings. The number of anilines is 1. The Kier molecular flexibility index (Phi) is 6.67. The van der Waals surface area contributed by atoms with Crippen molar-refractivity contribution in [1.82, 2.24) is 5.32 Å². The van der Waals surface area contributed by atoms with Crippen molar-refractivity contribution in [3.05, 3.63) is 57.6 Å². The summed E-state index contributed by atoms with van der Waals surface area (Å²) in [4.78, 5) is 23.8. The van der Waals surface area contributed by atoms with Crippen LogP contribution in [0.5, 0.6) is 5.75 Å². The highest BCUT2D eigenvalue weighted by Crippen LogP contribution is 2.26. The molecule has 0 unspecified atom stereocenters. The van der Waals surface area contributed by atoms with Crippen molar-refractivity contribution in [2.45, 2.75) is 13.8 Å². The number of carbonyl (C=O) groups excluding carboxylic acids is 2. The molecule has 0 saturated carbocycles. The van der Waals surface area contributed by atoms with Gasteiger partial charge in [-0.3, -0.25) is 9.59 Å². The summed E-state index contributed by atoms with van der Waals surface area (Å²) in [5.74, 6) is -0.299. The topological polar surface area (TPSA) is 67.4 Å². The smallest absolute Gasteiger partial charge is 0.258 e. The van der Waals surface area contributed by atoms with Gasteiger partial charge in [-0.25, -0.2) is 0 Å². The molecule has 2 amide bonds. The van der Waals surface area contributed by atoms with Gasteiger partial charge in [-0.2, -0.15) is 0 Å². The largest absolute Gasteiger partial charge is 0.484 e. The van der Waals surface area contributed by atoms with Crippen LogP contribution in [0.1, 0.15) is 11.1 Å². The Balaban J connectivity index is 1.79. The quantitative estimate of drug-likeness (QED) is 0.801. The summed E-state index contributed by atoms with van der Waals surface area (Å²) in [5.41, 5.74) is 2.68. The monoisotopic (exact) mass is 380 g/mol. The highest BCUT2D eigenvalue weighted by molar-refractivity contribution is 6.42. The van der Waals surface area contributed by atoms with Crippen LogP contribution in [-0.2, 0) is 9.59 Å². The second-order valence-electron chi connectivity index (χ2n) is 5.46. The molecule has 0 aliphatic carbocycles. The van der Waals surface area contributed by atoms with Gasteiger partial charge in [-0.15, -0.1) is 0 Å². The van der Waals surface area contributed by atoms with Crippen molar-refractivity contribution in [2.24, 2.45) is 0 Å². The van der Waals surface area contributed by atoms with E-state index >= 15 is 0 Å². The van der Waals surface area contributed by atoms with Gasteiger partial charge in [-0.05, 0) is 37.1 Å². The third-order valence-electron chi connectivity index (χ3n) is 3.45. The summed E-state index contributed by atoms with van der Waals surface area (Å²) in [6.45, 7) is 3.45. The molecule has 0 radical (unpaired) electrons. The van der Waals surface area contributed by atoms with E-state index in [1.807, 2.05) is 32.0 Å². The highest BCUT2D eigenvalue weighted by atomic mass is 35.5. The van der Waals surface area contributed by atoms with E-state index in [4.69, 9.17) is 27.9 Å². The first-order valence-corrected chi connectivity index (χ1v) is 8.33. The lowest BCUT2D eigenvalue weighted by molar-refractivity contribution is -0.125. The summed E-state index contributed by atoms with van der Waals surface area (Å²) in [7, 11) is 0. The van der Waals surface area contributed by atoms with E-state index in [2.05, 4.69) is 10.6 Å². The zero-order chi connectivity index (χ0) is 18.4. The number of halogens is 2. The first kappa shape index (κ1) is 19.1. The third kappa shape index (κ3) is 5.66. The minimum atomic E-state index is -0.414. The molecule has 0 aromatic heterocycles. The standard InChI is InChI=1S/C18H18Cl2N2O3/c1-11-4-3-5-12(2)18(11)22-16(23)9-21-17(24)10-25-13-6-7-14(19)15(20)8-13/h3-8H,9-10H2,1-2H3,(H,21,24)(H,22,23). The molecule has 25 heavy (non-hydrogen) atoms. The van der Waals surface area contributed by atoms with E-state index in [0.29, 0.717) is 15.8 Å². The fourth-order valence-corrected chi connectivity index (χ4v) is 2.43. The molecule has 0 bridgehead atoms. The number of para-hydroxylation sites is 1. The maximum absolute atomic E-state index is 12.0. The number of amides is 2. The van der Waals surface area contributed by atoms with Crippen molar-refractivity contribution in [3.63, 3.8) is 0 Å². The van der Waals surface area contributed by atoms with Crippen LogP contribution in [0.15, 0.2) is 36.4 Å². The average molecular weight is 381 g/mol. The van der Waals surface area contributed by atoms with Gasteiger partial charge in [0.15, 0.2) is 6.61 Å². The Morgan fingerprint density at radius 1 is 1.00 bits per heavy atom. The second-order valence-corrected chi connectivity index (χ2v) is 6.27. The zero-order valence-electron chi connectivity index (χ0n) is 13.9. The van der Waals surface area contributed by atoms with Crippen LogP contribution < -0.4 is 15.4 Å². The van der Waals surface area contributed by atoms with Crippen LogP contribution in [0, 0.1) is 13.8 Å². The maximum Gasteiger partial charge on any atom is 0.258 e. The molecule has 0 heterocycles. The number of ether oxygens (including phenoxy) is 1. The van der Waals surface area contributed by atoms with E-state index in [9.17, 15) is 9.59 Å². The third-order valence-corrected chi connectivity index (χ3v) is 4.19. The molecule has 7 heteroatoms. The van der Waals surface area contributed by atoms with Gasteiger partial charge in [0.05, 0.1) is 16.6 Å². The summed E-state index contributed by atoms with van der Waals surface area (Å²) in [6, 6.07) is 10.4. The molecule has 2 aromatic carbocycles. The predicted molar refractivity (Wildman–Crippen MR) is 99.5 cm³/mol. The molecule has 2 rings (SSSR count). The van der Waals surface area contributed by atoms with Crippen molar-refractivity contribution >= 4 is 40.7 Å². The second kappa shape index (κ2) is 8.74. The van der Waals surface area contributed by atoms with Crippen molar-refractivity contribution in [1.29, 1.82) is 0 Å². The number of hydrogen-bond donors (Lipinski definition) is 2. The van der Waals surface area contributed by atoms with Gasteiger partial charge in [0, 0.05) is 11.8 Å². The minimum absolute atomic E-state index is 0.142. The summed E-state index contributed by atoms with van der Waals surface area (Å²) >= 11 is 11.7. The van der Waals surface area contributed by atoms with Gasteiger partial charge in [0.25, 0.3) is 5.91 Å². The van der Waals surface area contributed by atoms with E-state index in [0.717, 1.165) is 16.8 Å². The Morgan fingerprint density at radius 2 is 1.68 bits per heavy atom. The van der Waals surface area contributed by atoms with Crippen molar-refractivity contribution < 1.29 is 14.3 Å². The van der Waals surface area contributed by atoms with E-state index < -0.39 is 5.91 Å². The van der Waals surface area contributed by atoms with Crippen molar-refractivity contribution in [3.8, 4) is 5.75 Å². The fourth-order valence-electron chi connectivity index (χ4n) is 2.14. The SMILES string of the molecule is Cc1cccc(C)c1NC(=O)CNC(=O)COc1ccc(Cl)c(Cl)c1. The Hall–Kier alpha value is -2.24. The van der Waals surface area contributed by atoms with Crippen LogP contribution >= 0.6 is 23.2 Å². The van der Waals surface area contributed by atoms with Gasteiger partial charge < -0.3 is 15.4 Å². The van der Waals surface area contributed by atoms with Gasteiger partial charge in [0.2, 0.25) is 5.91 Å². The normalized spacial score (nSPS) is 10.2. The lowest BCUT2D eigenvalue weighted by Crippen LogP contribution is -2.36. The maximum atomic E-state index is 12.0. The van der Waals surface area contributed by atoms with E-state index in [-0.39, 0.29) is 19.1 Å². The molecule has 0 fully saturated rings. The highest BCUT2D eigenvalue weighted by Gasteiger charge is 2.10. The predicted octanol–water partition coefficient (Wildman–Crippen LogP) is 3.74. The Labute approximate surface area is 156 Å². The summed E-state index contributed by atoms with van der Waals surface area (Å²) in [5, 5.41) is 6.04. The Bertz CT molecular complexity index is 774. The number of rotatable bonds is 6. The van der Waals surface area contributed by atoms with Crippen LogP contribution in [0.3, 0.4) is 0 Å². The molecule has 0 saturated heterocycles. The molecule has 0 aliphatic heterocycles. The average Bonchev–Trinajstić information content (AvgIpc) is 2.57. The molecule has 5 nitrogen and oxygen atoms in total. The number of aryl methyl sites for hydroxylation is 2. The molecule has 0 spiro atoms. The molecule has 132 valence electrons. The van der Waals surface area contributed by atoms with Crippen molar-refractivity contribution in [2.75, 3.05) is 18.5 Å². The molecular formula is C18H18Cl2N2O3. The van der Waals surface area contributed by atoms with Crippen LogP contribution in [0.2, 0.25) is 10.0 Å².